The summed E-state index contributed by atoms with van der Waals surface area (Å²) in [5.41, 5.74) is 0. The van der Waals surface area contributed by atoms with E-state index >= 15 is 0 Å². The molecule has 0 aliphatic carbocycles. The van der Waals surface area contributed by atoms with E-state index in [4.69, 9.17) is 18.5 Å². The fraction of sp³-hybridized carbons (Fsp3) is 1.00. The summed E-state index contributed by atoms with van der Waals surface area (Å²) in [6.45, 7) is 6.81. The predicted molar refractivity (Wildman–Crippen MR) is 197 cm³/mol. The van der Waals surface area contributed by atoms with Crippen molar-refractivity contribution in [2.24, 2.45) is 0 Å². The Balaban J connectivity index is 3.95. The van der Waals surface area contributed by atoms with Gasteiger partial charge in [0.1, 0.15) is 6.10 Å². The van der Waals surface area contributed by atoms with E-state index in [2.05, 4.69) is 19.2 Å². The van der Waals surface area contributed by atoms with Gasteiger partial charge in [0.25, 0.3) is 0 Å². The zero-order chi connectivity index (χ0) is 33.7. The first-order valence-electron chi connectivity index (χ1n) is 20.0. The standard InChI is InChI=1S/C38H80NO6P/c1-4-6-8-10-12-14-16-18-20-22-24-26-28-30-33-42-36-38(37-45-46(40,41)44-35-32-39-3)43-34-31-29-27-25-23-21-19-17-15-13-11-9-7-5-2/h38-39H,4-37H2,1-3H3,(H,40,41)/t38-/m1/s1. The van der Waals surface area contributed by atoms with Gasteiger partial charge in [0.05, 0.1) is 19.8 Å². The third-order valence-electron chi connectivity index (χ3n) is 8.83. The Morgan fingerprint density at radius 1 is 0.500 bits per heavy atom. The number of hydrogen-bond donors (Lipinski definition) is 2. The van der Waals surface area contributed by atoms with Crippen LogP contribution >= 0.6 is 7.82 Å². The number of nitrogens with one attached hydrogen (secondary N) is 1. The number of likely N-dealkylation sites (N-methyl/N-ethyl adjacent to an activating group) is 1. The molecule has 8 heteroatoms. The molecular formula is C38H80NO6P. The lowest BCUT2D eigenvalue weighted by Gasteiger charge is -2.20. The number of phosphoric acid groups is 1. The highest BCUT2D eigenvalue weighted by Crippen LogP contribution is 2.43. The van der Waals surface area contributed by atoms with Crippen LogP contribution < -0.4 is 5.32 Å². The Kier molecular flexibility index (Phi) is 37.8. The van der Waals surface area contributed by atoms with Crippen LogP contribution in [0.2, 0.25) is 0 Å². The molecule has 7 nitrogen and oxygen atoms in total. The van der Waals surface area contributed by atoms with E-state index in [9.17, 15) is 9.46 Å². The molecule has 2 N–H and O–H groups in total. The van der Waals surface area contributed by atoms with Crippen LogP contribution in [0.4, 0.5) is 0 Å². The van der Waals surface area contributed by atoms with Crippen LogP contribution in [-0.4, -0.2) is 57.6 Å². The molecule has 0 radical (unpaired) electrons. The van der Waals surface area contributed by atoms with Crippen molar-refractivity contribution in [2.75, 3.05) is 46.6 Å². The molecule has 2 atom stereocenters. The molecule has 0 saturated heterocycles. The lowest BCUT2D eigenvalue weighted by atomic mass is 10.0. The number of phosphoric ester groups is 1. The van der Waals surface area contributed by atoms with Gasteiger partial charge < -0.3 is 19.7 Å². The van der Waals surface area contributed by atoms with E-state index in [1.54, 1.807) is 7.05 Å². The molecule has 0 heterocycles. The minimum Gasteiger partial charge on any atom is -0.379 e. The maximum absolute atomic E-state index is 12.2. The molecule has 0 amide bonds. The SMILES string of the molecule is CCCCCCCCCCCCCCCCOC[C@H](COP(=O)(O)OCCNC)OCCCCCCCCCCCCCCCC. The van der Waals surface area contributed by atoms with E-state index in [0.717, 1.165) is 19.3 Å². The normalized spacial score (nSPS) is 13.7. The summed E-state index contributed by atoms with van der Waals surface area (Å²) < 4.78 is 34.4. The van der Waals surface area contributed by atoms with Gasteiger partial charge in [-0.3, -0.25) is 9.05 Å². The van der Waals surface area contributed by atoms with Crippen molar-refractivity contribution in [3.8, 4) is 0 Å². The number of hydrogen-bond acceptors (Lipinski definition) is 6. The number of rotatable bonds is 40. The Morgan fingerprint density at radius 2 is 0.870 bits per heavy atom. The molecular weight excluding hydrogens is 597 g/mol. The number of ether oxygens (including phenoxy) is 2. The summed E-state index contributed by atoms with van der Waals surface area (Å²) >= 11 is 0. The van der Waals surface area contributed by atoms with E-state index in [0.29, 0.717) is 26.4 Å². The molecule has 0 rings (SSSR count). The molecule has 0 aromatic carbocycles. The van der Waals surface area contributed by atoms with Gasteiger partial charge in [-0.05, 0) is 19.9 Å². The average Bonchev–Trinajstić information content (AvgIpc) is 3.04. The van der Waals surface area contributed by atoms with Gasteiger partial charge in [-0.25, -0.2) is 4.57 Å². The first kappa shape index (κ1) is 46.0. The quantitative estimate of drug-likeness (QED) is 0.0493. The maximum atomic E-state index is 12.2. The summed E-state index contributed by atoms with van der Waals surface area (Å²) in [5, 5.41) is 2.89. The zero-order valence-corrected chi connectivity index (χ0v) is 31.9. The second kappa shape index (κ2) is 37.8. The molecule has 0 spiro atoms. The van der Waals surface area contributed by atoms with Crippen molar-refractivity contribution in [1.82, 2.24) is 5.32 Å². The summed E-state index contributed by atoms with van der Waals surface area (Å²) in [6, 6.07) is 0. The molecule has 0 aromatic rings. The third kappa shape index (κ3) is 36.8. The van der Waals surface area contributed by atoms with Gasteiger partial charge >= 0.3 is 7.82 Å². The summed E-state index contributed by atoms with van der Waals surface area (Å²) in [5.74, 6) is 0. The van der Waals surface area contributed by atoms with Gasteiger partial charge in [0.15, 0.2) is 0 Å². The van der Waals surface area contributed by atoms with E-state index < -0.39 is 7.82 Å². The van der Waals surface area contributed by atoms with Crippen LogP contribution in [0.25, 0.3) is 0 Å². The lowest BCUT2D eigenvalue weighted by molar-refractivity contribution is -0.0443. The van der Waals surface area contributed by atoms with Crippen LogP contribution in [0.1, 0.15) is 194 Å². The molecule has 0 aliphatic rings. The fourth-order valence-corrected chi connectivity index (χ4v) is 6.53. The molecule has 278 valence electrons. The molecule has 0 saturated carbocycles. The largest absolute Gasteiger partial charge is 0.472 e. The summed E-state index contributed by atoms with van der Waals surface area (Å²) in [4.78, 5) is 9.99. The van der Waals surface area contributed by atoms with Crippen molar-refractivity contribution < 1.29 is 28.0 Å². The minimum atomic E-state index is -4.10. The van der Waals surface area contributed by atoms with E-state index in [1.165, 1.54) is 161 Å². The molecule has 0 fully saturated rings. The first-order valence-corrected chi connectivity index (χ1v) is 21.5. The Bertz CT molecular complexity index is 626. The Labute approximate surface area is 287 Å². The van der Waals surface area contributed by atoms with Crippen LogP contribution in [0, 0.1) is 0 Å². The van der Waals surface area contributed by atoms with Gasteiger partial charge in [-0.15, -0.1) is 0 Å². The van der Waals surface area contributed by atoms with Crippen molar-refractivity contribution >= 4 is 7.82 Å². The van der Waals surface area contributed by atoms with Crippen molar-refractivity contribution in [1.29, 1.82) is 0 Å². The highest BCUT2D eigenvalue weighted by Gasteiger charge is 2.23. The Hall–Kier alpha value is -0.0100. The van der Waals surface area contributed by atoms with E-state index in [1.807, 2.05) is 0 Å². The van der Waals surface area contributed by atoms with Crippen LogP contribution in [-0.2, 0) is 23.1 Å². The average molecular weight is 678 g/mol. The van der Waals surface area contributed by atoms with E-state index in [-0.39, 0.29) is 19.3 Å². The van der Waals surface area contributed by atoms with Crippen LogP contribution in [0.3, 0.4) is 0 Å². The minimum absolute atomic E-state index is 0.00925. The molecule has 1 unspecified atom stereocenters. The third-order valence-corrected chi connectivity index (χ3v) is 9.81. The van der Waals surface area contributed by atoms with Gasteiger partial charge in [0.2, 0.25) is 0 Å². The summed E-state index contributed by atoms with van der Waals surface area (Å²) in [7, 11) is -2.34. The van der Waals surface area contributed by atoms with Crippen molar-refractivity contribution in [2.45, 2.75) is 200 Å². The maximum Gasteiger partial charge on any atom is 0.472 e. The second-order valence-electron chi connectivity index (χ2n) is 13.5. The fourth-order valence-electron chi connectivity index (χ4n) is 5.78. The predicted octanol–water partition coefficient (Wildman–Crippen LogP) is 11.7. The molecule has 46 heavy (non-hydrogen) atoms. The smallest absolute Gasteiger partial charge is 0.379 e. The second-order valence-corrected chi connectivity index (χ2v) is 14.9. The molecule has 0 aromatic heterocycles. The molecule has 0 bridgehead atoms. The van der Waals surface area contributed by atoms with Gasteiger partial charge in [-0.1, -0.05) is 181 Å². The van der Waals surface area contributed by atoms with Gasteiger partial charge in [-0.2, -0.15) is 0 Å². The number of unbranched alkanes of at least 4 members (excludes halogenated alkanes) is 26. The summed E-state index contributed by atoms with van der Waals surface area (Å²) in [6.07, 6.45) is 36.8. The highest BCUT2D eigenvalue weighted by molar-refractivity contribution is 7.47. The highest BCUT2D eigenvalue weighted by atomic mass is 31.2. The lowest BCUT2D eigenvalue weighted by Crippen LogP contribution is -2.26. The Morgan fingerprint density at radius 3 is 1.26 bits per heavy atom. The van der Waals surface area contributed by atoms with Crippen molar-refractivity contribution in [3.05, 3.63) is 0 Å². The first-order chi connectivity index (χ1) is 22.6. The zero-order valence-electron chi connectivity index (χ0n) is 31.1. The monoisotopic (exact) mass is 678 g/mol. The van der Waals surface area contributed by atoms with Crippen LogP contribution in [0.5, 0.6) is 0 Å². The van der Waals surface area contributed by atoms with Crippen molar-refractivity contribution in [3.63, 3.8) is 0 Å². The van der Waals surface area contributed by atoms with Crippen LogP contribution in [0.15, 0.2) is 0 Å². The topological polar surface area (TPSA) is 86.3 Å². The van der Waals surface area contributed by atoms with Gasteiger partial charge in [0, 0.05) is 19.8 Å². The molecule has 0 aliphatic heterocycles.